The Morgan fingerprint density at radius 3 is 2.45 bits per heavy atom. The van der Waals surface area contributed by atoms with Crippen molar-refractivity contribution in [3.05, 3.63) is 34.0 Å². The van der Waals surface area contributed by atoms with Crippen LogP contribution < -0.4 is 34.9 Å². The smallest absolute Gasteiger partial charge is 0.731 e. The first-order valence-electron chi connectivity index (χ1n) is 7.61. The van der Waals surface area contributed by atoms with Crippen LogP contribution in [0.5, 0.6) is 0 Å². The number of aryl methyl sites for hydroxylation is 1. The zero-order chi connectivity index (χ0) is 20.8. The minimum Gasteiger partial charge on any atom is -0.731 e. The van der Waals surface area contributed by atoms with Gasteiger partial charge in [-0.2, -0.15) is 0 Å². The summed E-state index contributed by atoms with van der Waals surface area (Å²) in [6.45, 7) is 1.53. The molecule has 2 atom stereocenters. The SMILES string of the molecule is CS[C@@H]1[C@H](C(=O)Nc2c(-c3c(Cl)cccc3Cl)noc2C)C(=O)N1S(=O)(=O)[O-].[Na+]. The van der Waals surface area contributed by atoms with Gasteiger partial charge < -0.3 is 14.4 Å². The zero-order valence-electron chi connectivity index (χ0n) is 15.3. The summed E-state index contributed by atoms with van der Waals surface area (Å²) in [5.41, 5.74) is 0.612. The standard InChI is InChI=1S/C15H13Cl2N3O6S2.Na/c1-6-11(12(19-26-6)9-7(16)4-3-5-8(9)17)18-13(21)10-14(22)20(15(10)27-2)28(23,24)25;/h3-5,10,15H,1-2H3,(H,18,21)(H,23,24,25);/q;+1/p-1/t10-,15-;/m1./s1. The van der Waals surface area contributed by atoms with E-state index in [2.05, 4.69) is 10.5 Å². The Hall–Kier alpha value is -0.790. The van der Waals surface area contributed by atoms with Crippen LogP contribution in [0.15, 0.2) is 22.7 Å². The van der Waals surface area contributed by atoms with E-state index in [4.69, 9.17) is 27.7 Å². The molecular formula is C15H12Cl2N3NaO6S2. The summed E-state index contributed by atoms with van der Waals surface area (Å²) < 4.78 is 38.9. The van der Waals surface area contributed by atoms with Crippen LogP contribution in [0.25, 0.3) is 11.3 Å². The number of hydrogen-bond donors (Lipinski definition) is 1. The Morgan fingerprint density at radius 1 is 1.34 bits per heavy atom. The van der Waals surface area contributed by atoms with E-state index in [1.807, 2.05) is 0 Å². The van der Waals surface area contributed by atoms with E-state index in [0.717, 1.165) is 11.8 Å². The summed E-state index contributed by atoms with van der Waals surface area (Å²) in [4.78, 5) is 24.7. The number of nitrogens with zero attached hydrogens (tertiary/aromatic N) is 2. The first-order chi connectivity index (χ1) is 13.1. The molecule has 0 bridgehead atoms. The van der Waals surface area contributed by atoms with Gasteiger partial charge in [-0.05, 0) is 25.3 Å². The van der Waals surface area contributed by atoms with Crippen molar-refractivity contribution in [3.63, 3.8) is 0 Å². The number of aromatic nitrogens is 1. The Bertz CT molecular complexity index is 1060. The van der Waals surface area contributed by atoms with Gasteiger partial charge in [0.1, 0.15) is 22.7 Å². The number of rotatable bonds is 5. The third-order valence-corrected chi connectivity index (χ3v) is 6.69. The predicted octanol–water partition coefficient (Wildman–Crippen LogP) is -0.493. The van der Waals surface area contributed by atoms with Gasteiger partial charge in [-0.25, -0.2) is 12.7 Å². The number of amides is 2. The molecule has 1 aliphatic heterocycles. The monoisotopic (exact) mass is 487 g/mol. The average molecular weight is 488 g/mol. The van der Waals surface area contributed by atoms with Crippen molar-refractivity contribution < 1.29 is 56.6 Å². The van der Waals surface area contributed by atoms with E-state index >= 15 is 0 Å². The number of hydrogen-bond acceptors (Lipinski definition) is 8. The third kappa shape index (κ3) is 4.47. The van der Waals surface area contributed by atoms with Crippen molar-refractivity contribution >= 4 is 62.8 Å². The molecule has 0 saturated carbocycles. The van der Waals surface area contributed by atoms with Crippen LogP contribution in [0.4, 0.5) is 5.69 Å². The zero-order valence-corrected chi connectivity index (χ0v) is 20.4. The second-order valence-electron chi connectivity index (χ2n) is 5.74. The topological polar surface area (TPSA) is 133 Å². The van der Waals surface area contributed by atoms with Crippen LogP contribution in [0.3, 0.4) is 0 Å². The third-order valence-electron chi connectivity index (χ3n) is 4.07. The van der Waals surface area contributed by atoms with Crippen LogP contribution in [0, 0.1) is 12.8 Å². The Morgan fingerprint density at radius 2 is 1.93 bits per heavy atom. The summed E-state index contributed by atoms with van der Waals surface area (Å²) >= 11 is 13.2. The number of thioether (sulfide) groups is 1. The molecule has 29 heavy (non-hydrogen) atoms. The summed E-state index contributed by atoms with van der Waals surface area (Å²) in [6, 6.07) is 4.79. The fourth-order valence-corrected chi connectivity index (χ4v) is 5.43. The number of benzene rings is 1. The van der Waals surface area contributed by atoms with E-state index < -0.39 is 33.4 Å². The molecule has 0 unspecified atom stereocenters. The van der Waals surface area contributed by atoms with Crippen LogP contribution in [0.2, 0.25) is 10.0 Å². The molecule has 0 radical (unpaired) electrons. The Kier molecular flexibility index (Phi) is 7.72. The maximum absolute atomic E-state index is 12.6. The van der Waals surface area contributed by atoms with E-state index in [1.165, 1.54) is 13.2 Å². The average Bonchev–Trinajstić information content (AvgIpc) is 2.92. The maximum Gasteiger partial charge on any atom is 1.00 e. The Balaban J connectivity index is 0.00000300. The van der Waals surface area contributed by atoms with Gasteiger partial charge in [0.2, 0.25) is 5.91 Å². The van der Waals surface area contributed by atoms with E-state index in [1.54, 1.807) is 18.2 Å². The summed E-state index contributed by atoms with van der Waals surface area (Å²) in [5, 5.41) is 5.78. The largest absolute Gasteiger partial charge is 1.00 e. The van der Waals surface area contributed by atoms with E-state index in [9.17, 15) is 22.6 Å². The molecule has 1 aromatic carbocycles. The second kappa shape index (κ2) is 9.15. The van der Waals surface area contributed by atoms with Gasteiger partial charge in [0.15, 0.2) is 16.1 Å². The van der Waals surface area contributed by atoms with Crippen molar-refractivity contribution in [2.45, 2.75) is 12.3 Å². The molecule has 3 rings (SSSR count). The van der Waals surface area contributed by atoms with Crippen molar-refractivity contribution in [1.29, 1.82) is 0 Å². The van der Waals surface area contributed by atoms with Gasteiger partial charge in [0.25, 0.3) is 5.91 Å². The fraction of sp³-hybridized carbons (Fsp3) is 0.267. The number of carbonyl (C=O) groups excluding carboxylic acids is 2. The van der Waals surface area contributed by atoms with Crippen LogP contribution in [0.1, 0.15) is 5.76 Å². The van der Waals surface area contributed by atoms with Gasteiger partial charge in [0, 0.05) is 5.56 Å². The number of β-lactam (4-membered cyclic amide) rings is 1. The van der Waals surface area contributed by atoms with Gasteiger partial charge in [0.05, 0.1) is 10.0 Å². The molecule has 1 saturated heterocycles. The molecule has 0 spiro atoms. The molecule has 9 nitrogen and oxygen atoms in total. The molecule has 2 amide bonds. The molecule has 150 valence electrons. The van der Waals surface area contributed by atoms with Crippen molar-refractivity contribution in [2.75, 3.05) is 11.6 Å². The van der Waals surface area contributed by atoms with E-state index in [-0.39, 0.29) is 61.0 Å². The summed E-state index contributed by atoms with van der Waals surface area (Å²) in [6.07, 6.45) is 1.48. The van der Waals surface area contributed by atoms with Gasteiger partial charge in [-0.1, -0.05) is 34.4 Å². The number of anilines is 1. The van der Waals surface area contributed by atoms with Gasteiger partial charge in [-0.15, -0.1) is 11.8 Å². The molecule has 2 heterocycles. The fourth-order valence-electron chi connectivity index (χ4n) is 2.76. The number of carbonyl (C=O) groups is 2. The number of halogens is 2. The van der Waals surface area contributed by atoms with Crippen LogP contribution in [-0.2, 0) is 19.9 Å². The first-order valence-corrected chi connectivity index (χ1v) is 11.0. The van der Waals surface area contributed by atoms with Crippen LogP contribution in [-0.4, -0.2) is 45.9 Å². The van der Waals surface area contributed by atoms with E-state index in [0.29, 0.717) is 5.56 Å². The molecule has 1 fully saturated rings. The van der Waals surface area contributed by atoms with Gasteiger partial charge >= 0.3 is 29.6 Å². The molecule has 2 aromatic rings. The molecule has 0 aliphatic carbocycles. The maximum atomic E-state index is 12.6. The normalized spacial score (nSPS) is 18.8. The minimum atomic E-state index is -5.01. The minimum absolute atomic E-state index is 0. The molecule has 1 N–H and O–H groups in total. The van der Waals surface area contributed by atoms with Crippen LogP contribution >= 0.6 is 35.0 Å². The quantitative estimate of drug-likeness (QED) is 0.258. The van der Waals surface area contributed by atoms with Crippen molar-refractivity contribution in [2.24, 2.45) is 5.92 Å². The summed E-state index contributed by atoms with van der Waals surface area (Å²) in [5.74, 6) is -3.04. The molecule has 1 aromatic heterocycles. The molecule has 1 aliphatic rings. The summed E-state index contributed by atoms with van der Waals surface area (Å²) in [7, 11) is -5.01. The second-order valence-corrected chi connectivity index (χ2v) is 8.76. The Labute approximate surface area is 202 Å². The molecular weight excluding hydrogens is 476 g/mol. The first kappa shape index (κ1) is 24.5. The number of nitrogens with one attached hydrogen (secondary N) is 1. The van der Waals surface area contributed by atoms with Gasteiger partial charge in [-0.3, -0.25) is 9.59 Å². The molecule has 14 heteroatoms. The van der Waals surface area contributed by atoms with Crippen molar-refractivity contribution in [1.82, 2.24) is 9.46 Å². The predicted molar refractivity (Wildman–Crippen MR) is 103 cm³/mol. The van der Waals surface area contributed by atoms with Crippen molar-refractivity contribution in [3.8, 4) is 11.3 Å².